The minimum absolute atomic E-state index is 0.0117. The average Bonchev–Trinajstić information content (AvgIpc) is 2.37. The highest BCUT2D eigenvalue weighted by Gasteiger charge is 2.25. The molecule has 0 aromatic rings. The first kappa shape index (κ1) is 14.5. The van der Waals surface area contributed by atoms with Crippen LogP contribution in [0.15, 0.2) is 0 Å². The summed E-state index contributed by atoms with van der Waals surface area (Å²) >= 11 is 0. The number of carbonyl (C=O) groups is 1. The SMILES string of the molecule is CNCC(C)C(=O)NC(CN)C1CCCCC1. The molecule has 1 aliphatic rings. The number of hydrogen-bond acceptors (Lipinski definition) is 3. The van der Waals surface area contributed by atoms with E-state index in [1.165, 1.54) is 32.1 Å². The Hall–Kier alpha value is -0.610. The molecular formula is C13H27N3O. The smallest absolute Gasteiger partial charge is 0.224 e. The van der Waals surface area contributed by atoms with Gasteiger partial charge in [0.2, 0.25) is 5.91 Å². The Labute approximate surface area is 105 Å². The van der Waals surface area contributed by atoms with E-state index in [9.17, 15) is 4.79 Å². The summed E-state index contributed by atoms with van der Waals surface area (Å²) in [4.78, 5) is 11.9. The van der Waals surface area contributed by atoms with Gasteiger partial charge in [-0.15, -0.1) is 0 Å². The lowest BCUT2D eigenvalue weighted by Crippen LogP contribution is -2.48. The molecule has 100 valence electrons. The second-order valence-electron chi connectivity index (χ2n) is 5.21. The van der Waals surface area contributed by atoms with Crippen LogP contribution in [0.25, 0.3) is 0 Å². The quantitative estimate of drug-likeness (QED) is 0.646. The minimum atomic E-state index is 0.0117. The van der Waals surface area contributed by atoms with Crippen LogP contribution in [0, 0.1) is 11.8 Å². The molecule has 0 radical (unpaired) electrons. The van der Waals surface area contributed by atoms with E-state index in [4.69, 9.17) is 5.73 Å². The van der Waals surface area contributed by atoms with Crippen LogP contribution in [0.4, 0.5) is 0 Å². The molecule has 2 atom stereocenters. The Bertz CT molecular complexity index is 227. The fourth-order valence-corrected chi connectivity index (χ4v) is 2.63. The topological polar surface area (TPSA) is 67.2 Å². The molecule has 1 aliphatic carbocycles. The molecule has 0 spiro atoms. The fraction of sp³-hybridized carbons (Fsp3) is 0.923. The maximum atomic E-state index is 11.9. The molecule has 4 N–H and O–H groups in total. The van der Waals surface area contributed by atoms with Crippen LogP contribution in [0.5, 0.6) is 0 Å². The van der Waals surface area contributed by atoms with Crippen molar-refractivity contribution >= 4 is 5.91 Å². The Kier molecular flexibility index (Phi) is 6.52. The van der Waals surface area contributed by atoms with Crippen LogP contribution in [-0.4, -0.2) is 32.1 Å². The zero-order valence-corrected chi connectivity index (χ0v) is 11.2. The van der Waals surface area contributed by atoms with E-state index in [0.717, 1.165) is 0 Å². The molecule has 1 amide bonds. The second kappa shape index (κ2) is 7.67. The van der Waals surface area contributed by atoms with Gasteiger partial charge in [0.25, 0.3) is 0 Å². The van der Waals surface area contributed by atoms with Crippen LogP contribution in [0.1, 0.15) is 39.0 Å². The van der Waals surface area contributed by atoms with Crippen molar-refractivity contribution in [2.24, 2.45) is 17.6 Å². The zero-order chi connectivity index (χ0) is 12.7. The van der Waals surface area contributed by atoms with Crippen molar-refractivity contribution in [1.29, 1.82) is 0 Å². The second-order valence-corrected chi connectivity index (χ2v) is 5.21. The standard InChI is InChI=1S/C13H27N3O/c1-10(9-15-2)13(17)16-12(8-14)11-6-4-3-5-7-11/h10-12,15H,3-9,14H2,1-2H3,(H,16,17). The van der Waals surface area contributed by atoms with Gasteiger partial charge in [-0.1, -0.05) is 26.2 Å². The monoisotopic (exact) mass is 241 g/mol. The van der Waals surface area contributed by atoms with Gasteiger partial charge in [-0.05, 0) is 25.8 Å². The third-order valence-corrected chi connectivity index (χ3v) is 3.76. The molecule has 4 nitrogen and oxygen atoms in total. The summed E-state index contributed by atoms with van der Waals surface area (Å²) in [7, 11) is 1.87. The van der Waals surface area contributed by atoms with Crippen LogP contribution < -0.4 is 16.4 Å². The molecule has 0 bridgehead atoms. The van der Waals surface area contributed by atoms with Gasteiger partial charge in [0.15, 0.2) is 0 Å². The predicted octanol–water partition coefficient (Wildman–Crippen LogP) is 0.866. The zero-order valence-electron chi connectivity index (χ0n) is 11.2. The molecule has 1 fully saturated rings. The molecule has 0 aromatic carbocycles. The van der Waals surface area contributed by atoms with Crippen molar-refractivity contribution in [1.82, 2.24) is 10.6 Å². The van der Waals surface area contributed by atoms with Crippen molar-refractivity contribution in [2.75, 3.05) is 20.1 Å². The molecular weight excluding hydrogens is 214 g/mol. The van der Waals surface area contributed by atoms with Crippen molar-refractivity contribution in [3.8, 4) is 0 Å². The lowest BCUT2D eigenvalue weighted by molar-refractivity contribution is -0.125. The molecule has 17 heavy (non-hydrogen) atoms. The first-order chi connectivity index (χ1) is 8.19. The molecule has 0 saturated heterocycles. The summed E-state index contributed by atoms with van der Waals surface area (Å²) in [5.74, 6) is 0.720. The van der Waals surface area contributed by atoms with Gasteiger partial charge in [0.1, 0.15) is 0 Å². The maximum absolute atomic E-state index is 11.9. The van der Waals surface area contributed by atoms with Crippen molar-refractivity contribution in [2.45, 2.75) is 45.1 Å². The Morgan fingerprint density at radius 1 is 1.35 bits per heavy atom. The molecule has 0 heterocycles. The first-order valence-electron chi connectivity index (χ1n) is 6.84. The summed E-state index contributed by atoms with van der Waals surface area (Å²) < 4.78 is 0. The molecule has 0 aliphatic heterocycles. The highest BCUT2D eigenvalue weighted by Crippen LogP contribution is 2.26. The molecule has 2 unspecified atom stereocenters. The number of rotatable bonds is 6. The van der Waals surface area contributed by atoms with Gasteiger partial charge >= 0.3 is 0 Å². The third-order valence-electron chi connectivity index (χ3n) is 3.76. The lowest BCUT2D eigenvalue weighted by Gasteiger charge is -2.30. The summed E-state index contributed by atoms with van der Waals surface area (Å²) in [5, 5.41) is 6.14. The summed E-state index contributed by atoms with van der Waals surface area (Å²) in [5.41, 5.74) is 5.80. The molecule has 1 saturated carbocycles. The van der Waals surface area contributed by atoms with Crippen LogP contribution in [0.3, 0.4) is 0 Å². The normalized spacial score (nSPS) is 20.9. The predicted molar refractivity (Wildman–Crippen MR) is 70.7 cm³/mol. The molecule has 1 rings (SSSR count). The van der Waals surface area contributed by atoms with Crippen molar-refractivity contribution in [3.63, 3.8) is 0 Å². The highest BCUT2D eigenvalue weighted by molar-refractivity contribution is 5.78. The van der Waals surface area contributed by atoms with Crippen molar-refractivity contribution in [3.05, 3.63) is 0 Å². The number of carbonyl (C=O) groups excluding carboxylic acids is 1. The first-order valence-corrected chi connectivity index (χ1v) is 6.84. The van der Waals surface area contributed by atoms with Gasteiger partial charge < -0.3 is 16.4 Å². The van der Waals surface area contributed by atoms with E-state index < -0.39 is 0 Å². The number of hydrogen-bond donors (Lipinski definition) is 3. The van der Waals surface area contributed by atoms with E-state index in [1.807, 2.05) is 14.0 Å². The molecule has 4 heteroatoms. The lowest BCUT2D eigenvalue weighted by atomic mass is 9.83. The molecule has 0 aromatic heterocycles. The Balaban J connectivity index is 2.42. The van der Waals surface area contributed by atoms with Crippen molar-refractivity contribution < 1.29 is 4.79 Å². The van der Waals surface area contributed by atoms with Crippen LogP contribution in [-0.2, 0) is 4.79 Å². The summed E-state index contributed by atoms with van der Waals surface area (Å²) in [6, 6.07) is 0.169. The van der Waals surface area contributed by atoms with Gasteiger partial charge in [-0.2, -0.15) is 0 Å². The minimum Gasteiger partial charge on any atom is -0.352 e. The third kappa shape index (κ3) is 4.64. The van der Waals surface area contributed by atoms with Gasteiger partial charge in [0.05, 0.1) is 0 Å². The summed E-state index contributed by atoms with van der Waals surface area (Å²) in [6.07, 6.45) is 6.31. The van der Waals surface area contributed by atoms with Gasteiger partial charge in [-0.3, -0.25) is 4.79 Å². The fourth-order valence-electron chi connectivity index (χ4n) is 2.63. The average molecular weight is 241 g/mol. The van der Waals surface area contributed by atoms with E-state index >= 15 is 0 Å². The van der Waals surface area contributed by atoms with Crippen LogP contribution >= 0.6 is 0 Å². The highest BCUT2D eigenvalue weighted by atomic mass is 16.1. The number of nitrogens with one attached hydrogen (secondary N) is 2. The Morgan fingerprint density at radius 3 is 2.53 bits per heavy atom. The number of amides is 1. The van der Waals surface area contributed by atoms with E-state index in [0.29, 0.717) is 19.0 Å². The van der Waals surface area contributed by atoms with E-state index in [1.54, 1.807) is 0 Å². The Morgan fingerprint density at radius 2 is 2.00 bits per heavy atom. The van der Waals surface area contributed by atoms with Gasteiger partial charge in [-0.25, -0.2) is 0 Å². The van der Waals surface area contributed by atoms with Gasteiger partial charge in [0, 0.05) is 25.0 Å². The van der Waals surface area contributed by atoms with Crippen LogP contribution in [0.2, 0.25) is 0 Å². The van der Waals surface area contributed by atoms with E-state index in [2.05, 4.69) is 10.6 Å². The largest absolute Gasteiger partial charge is 0.352 e. The van der Waals surface area contributed by atoms with E-state index in [-0.39, 0.29) is 17.9 Å². The number of nitrogens with two attached hydrogens (primary N) is 1. The summed E-state index contributed by atoms with van der Waals surface area (Å²) in [6.45, 7) is 3.22. The maximum Gasteiger partial charge on any atom is 0.224 e.